The summed E-state index contributed by atoms with van der Waals surface area (Å²) in [7, 11) is -3.95. The third kappa shape index (κ3) is 4.92. The number of fused-ring (bicyclic) bond motifs is 4. The van der Waals surface area contributed by atoms with Gasteiger partial charge >= 0.3 is 0 Å². The number of benzene rings is 2. The predicted octanol–water partition coefficient (Wildman–Crippen LogP) is 4.85. The Labute approximate surface area is 241 Å². The van der Waals surface area contributed by atoms with Crippen molar-refractivity contribution in [1.82, 2.24) is 4.72 Å². The van der Waals surface area contributed by atoms with E-state index in [2.05, 4.69) is 21.8 Å². The van der Waals surface area contributed by atoms with Crippen LogP contribution in [0.5, 0.6) is 5.75 Å². The second-order valence-corrected chi connectivity index (χ2v) is 14.7. The fourth-order valence-corrected chi connectivity index (χ4v) is 8.37. The standard InChI is InChI=1S/C31H37ClN2O5S/c1-19-5-11-28(35)25-9-6-23(25)16-34-17-31(13-3-4-21-14-24(32)8-10-26(21)31)18-39-29-12-7-22(15-27(29)34)30(36)33-40(37,38)20(19)2/h5,7-8,10-12,14-15,19-20,23,25,28,35H,3-4,6,9,13,16-18H2,1-2H3,(H,33,36)/b11-5+/t19-,20-,23?,25?,28?,31?/m1/s1. The minimum atomic E-state index is -3.95. The van der Waals surface area contributed by atoms with E-state index in [4.69, 9.17) is 16.3 Å². The van der Waals surface area contributed by atoms with Crippen molar-refractivity contribution in [3.05, 3.63) is 70.3 Å². The maximum Gasteiger partial charge on any atom is 0.264 e. The number of rotatable bonds is 0. The Bertz CT molecular complexity index is 1460. The monoisotopic (exact) mass is 584 g/mol. The van der Waals surface area contributed by atoms with E-state index >= 15 is 0 Å². The Hall–Kier alpha value is -2.55. The summed E-state index contributed by atoms with van der Waals surface area (Å²) in [5, 5.41) is 11.0. The zero-order chi connectivity index (χ0) is 28.2. The van der Waals surface area contributed by atoms with Crippen molar-refractivity contribution < 1.29 is 23.1 Å². The van der Waals surface area contributed by atoms with E-state index in [0.29, 0.717) is 25.4 Å². The molecule has 2 bridgehead atoms. The number of aliphatic hydroxyl groups is 1. The second kappa shape index (κ2) is 10.4. The number of anilines is 1. The van der Waals surface area contributed by atoms with Gasteiger partial charge in [-0.05, 0) is 98.2 Å². The van der Waals surface area contributed by atoms with Crippen LogP contribution in [0.15, 0.2) is 48.6 Å². The van der Waals surface area contributed by atoms with Gasteiger partial charge in [0.2, 0.25) is 10.0 Å². The van der Waals surface area contributed by atoms with Gasteiger partial charge < -0.3 is 14.7 Å². The fourth-order valence-electron chi connectivity index (χ4n) is 6.96. The van der Waals surface area contributed by atoms with Crippen molar-refractivity contribution in [2.45, 2.75) is 62.7 Å². The molecule has 1 fully saturated rings. The van der Waals surface area contributed by atoms with Crippen LogP contribution in [0.4, 0.5) is 5.69 Å². The predicted molar refractivity (Wildman–Crippen MR) is 157 cm³/mol. The van der Waals surface area contributed by atoms with E-state index in [9.17, 15) is 18.3 Å². The molecular weight excluding hydrogens is 548 g/mol. The average molecular weight is 585 g/mol. The van der Waals surface area contributed by atoms with Crippen LogP contribution in [-0.4, -0.2) is 50.5 Å². The van der Waals surface area contributed by atoms with Crippen molar-refractivity contribution in [3.8, 4) is 5.75 Å². The lowest BCUT2D eigenvalue weighted by atomic mass is 9.68. The van der Waals surface area contributed by atoms with Crippen molar-refractivity contribution in [3.63, 3.8) is 0 Å². The zero-order valence-electron chi connectivity index (χ0n) is 23.0. The molecule has 1 spiro atoms. The summed E-state index contributed by atoms with van der Waals surface area (Å²) in [5.74, 6) is -0.00460. The van der Waals surface area contributed by atoms with Crippen molar-refractivity contribution >= 4 is 33.2 Å². The number of hydrogen-bond donors (Lipinski definition) is 2. The highest BCUT2D eigenvalue weighted by atomic mass is 35.5. The molecule has 4 unspecified atom stereocenters. The number of allylic oxidation sites excluding steroid dienone is 1. The number of nitrogens with one attached hydrogen (secondary N) is 1. The van der Waals surface area contributed by atoms with Crippen LogP contribution in [0.1, 0.15) is 61.0 Å². The fraction of sp³-hybridized carbons (Fsp3) is 0.516. The van der Waals surface area contributed by atoms with Gasteiger partial charge in [-0.25, -0.2) is 13.1 Å². The number of carbonyl (C=O) groups excluding carboxylic acids is 1. The molecule has 2 heterocycles. The molecule has 9 heteroatoms. The van der Waals surface area contributed by atoms with Crippen molar-refractivity contribution in [1.29, 1.82) is 0 Å². The molecule has 0 saturated heterocycles. The molecule has 2 aliphatic carbocycles. The topological polar surface area (TPSA) is 95.9 Å². The Morgan fingerprint density at radius 3 is 2.73 bits per heavy atom. The maximum absolute atomic E-state index is 13.2. The van der Waals surface area contributed by atoms with Gasteiger partial charge in [0.1, 0.15) is 5.75 Å². The van der Waals surface area contributed by atoms with Crippen molar-refractivity contribution in [2.24, 2.45) is 17.8 Å². The van der Waals surface area contributed by atoms with E-state index in [1.165, 1.54) is 11.1 Å². The van der Waals surface area contributed by atoms with Crippen LogP contribution in [0, 0.1) is 17.8 Å². The SMILES string of the molecule is C[C@@H]1/C=C/C(O)C2CCC2CN2CC3(CCCc4cc(Cl)ccc43)COc3ccc(cc32)C(=O)NS(=O)(=O)[C@@H]1C. The first kappa shape index (κ1) is 27.6. The normalized spacial score (nSPS) is 34.0. The minimum Gasteiger partial charge on any atom is -0.490 e. The first-order valence-corrected chi connectivity index (χ1v) is 16.2. The molecule has 0 aromatic heterocycles. The highest BCUT2D eigenvalue weighted by molar-refractivity contribution is 7.90. The zero-order valence-corrected chi connectivity index (χ0v) is 24.5. The summed E-state index contributed by atoms with van der Waals surface area (Å²) in [4.78, 5) is 15.6. The number of hydrogen-bond acceptors (Lipinski definition) is 6. The van der Waals surface area contributed by atoms with Gasteiger partial charge in [0, 0.05) is 29.1 Å². The van der Waals surface area contributed by atoms with E-state index in [0.717, 1.165) is 42.8 Å². The lowest BCUT2D eigenvalue weighted by Gasteiger charge is -2.45. The number of amides is 1. The number of carbonyl (C=O) groups is 1. The largest absolute Gasteiger partial charge is 0.490 e. The molecule has 2 N–H and O–H groups in total. The highest BCUT2D eigenvalue weighted by Crippen LogP contribution is 2.46. The Morgan fingerprint density at radius 1 is 1.12 bits per heavy atom. The third-order valence-corrected chi connectivity index (χ3v) is 11.9. The number of ether oxygens (including phenoxy) is 1. The molecule has 6 rings (SSSR count). The minimum absolute atomic E-state index is 0.0875. The summed E-state index contributed by atoms with van der Waals surface area (Å²) in [6.45, 7) is 5.29. The van der Waals surface area contributed by atoms with Gasteiger partial charge in [0.15, 0.2) is 0 Å². The molecule has 2 aliphatic heterocycles. The number of nitrogens with zero attached hydrogens (tertiary/aromatic N) is 1. The molecule has 1 amide bonds. The lowest BCUT2D eigenvalue weighted by molar-refractivity contribution is 0.0454. The Kier molecular flexibility index (Phi) is 7.16. The lowest BCUT2D eigenvalue weighted by Crippen LogP contribution is -2.49. The molecule has 1 saturated carbocycles. The smallest absolute Gasteiger partial charge is 0.264 e. The van der Waals surface area contributed by atoms with Gasteiger partial charge in [-0.1, -0.05) is 36.7 Å². The molecule has 6 atom stereocenters. The first-order valence-electron chi connectivity index (χ1n) is 14.3. The number of aryl methyl sites for hydroxylation is 1. The third-order valence-electron chi connectivity index (χ3n) is 9.75. The summed E-state index contributed by atoms with van der Waals surface area (Å²) in [6.07, 6.45) is 7.75. The quantitative estimate of drug-likeness (QED) is 0.430. The first-order chi connectivity index (χ1) is 19.1. The number of sulfonamides is 1. The molecule has 7 nitrogen and oxygen atoms in total. The van der Waals surface area contributed by atoms with Crippen LogP contribution in [0.3, 0.4) is 0 Å². The Balaban J connectivity index is 1.44. The van der Waals surface area contributed by atoms with Crippen LogP contribution in [0.25, 0.3) is 0 Å². The number of aliphatic hydroxyl groups excluding tert-OH is 1. The Morgan fingerprint density at radius 2 is 1.95 bits per heavy atom. The highest BCUT2D eigenvalue weighted by Gasteiger charge is 2.44. The maximum atomic E-state index is 13.2. The molecular formula is C31H37ClN2O5S. The molecule has 40 heavy (non-hydrogen) atoms. The molecule has 214 valence electrons. The van der Waals surface area contributed by atoms with Crippen LogP contribution in [0.2, 0.25) is 5.02 Å². The van der Waals surface area contributed by atoms with Crippen LogP contribution >= 0.6 is 11.6 Å². The van der Waals surface area contributed by atoms with Gasteiger partial charge in [-0.15, -0.1) is 0 Å². The van der Waals surface area contributed by atoms with Gasteiger partial charge in [-0.2, -0.15) is 0 Å². The van der Waals surface area contributed by atoms with Crippen LogP contribution < -0.4 is 14.4 Å². The number of halogens is 1. The molecule has 2 aromatic carbocycles. The molecule has 4 aliphatic rings. The summed E-state index contributed by atoms with van der Waals surface area (Å²) < 4.78 is 35.0. The van der Waals surface area contributed by atoms with E-state index in [-0.39, 0.29) is 28.7 Å². The molecule has 0 radical (unpaired) electrons. The summed E-state index contributed by atoms with van der Waals surface area (Å²) in [6, 6.07) is 11.3. The molecule has 2 aromatic rings. The summed E-state index contributed by atoms with van der Waals surface area (Å²) >= 11 is 6.37. The van der Waals surface area contributed by atoms with Gasteiger partial charge in [0.05, 0.1) is 23.6 Å². The van der Waals surface area contributed by atoms with Gasteiger partial charge in [-0.3, -0.25) is 4.79 Å². The van der Waals surface area contributed by atoms with Crippen molar-refractivity contribution in [2.75, 3.05) is 24.6 Å². The summed E-state index contributed by atoms with van der Waals surface area (Å²) in [5.41, 5.74) is 3.32. The van der Waals surface area contributed by atoms with E-state index in [1.807, 2.05) is 6.07 Å². The second-order valence-electron chi connectivity index (χ2n) is 12.2. The van der Waals surface area contributed by atoms with E-state index in [1.54, 1.807) is 44.2 Å². The van der Waals surface area contributed by atoms with Crippen LogP contribution in [-0.2, 0) is 21.9 Å². The van der Waals surface area contributed by atoms with Gasteiger partial charge in [0.25, 0.3) is 5.91 Å². The average Bonchev–Trinajstić information content (AvgIpc) is 3.05. The van der Waals surface area contributed by atoms with E-state index < -0.39 is 27.3 Å².